The number of rotatable bonds is 4. The van der Waals surface area contributed by atoms with E-state index in [-0.39, 0.29) is 0 Å². The maximum atomic E-state index is 6.30. The fourth-order valence-electron chi connectivity index (χ4n) is 3.81. The molecule has 24 heavy (non-hydrogen) atoms. The average Bonchev–Trinajstić information content (AvgIpc) is 3.02. The highest BCUT2D eigenvalue weighted by molar-refractivity contribution is 6.30. The minimum Gasteiger partial charge on any atom is -0.467 e. The molecule has 2 aliphatic rings. The Morgan fingerprint density at radius 3 is 2.92 bits per heavy atom. The van der Waals surface area contributed by atoms with Crippen molar-refractivity contribution in [1.82, 2.24) is 4.90 Å². The monoisotopic (exact) mass is 343 g/mol. The van der Waals surface area contributed by atoms with E-state index in [0.717, 1.165) is 35.8 Å². The average molecular weight is 344 g/mol. The van der Waals surface area contributed by atoms with Crippen molar-refractivity contribution < 1.29 is 9.47 Å². The number of ether oxygens (including phenoxy) is 2. The highest BCUT2D eigenvalue weighted by atomic mass is 35.5. The van der Waals surface area contributed by atoms with Crippen molar-refractivity contribution in [3.63, 3.8) is 0 Å². The molecule has 0 aromatic heterocycles. The molecule has 0 aliphatic carbocycles. The van der Waals surface area contributed by atoms with Crippen LogP contribution in [-0.2, 0) is 24.3 Å². The van der Waals surface area contributed by atoms with E-state index in [1.807, 2.05) is 12.1 Å². The van der Waals surface area contributed by atoms with E-state index in [2.05, 4.69) is 35.2 Å². The molecule has 3 nitrogen and oxygen atoms in total. The van der Waals surface area contributed by atoms with Crippen LogP contribution >= 0.6 is 11.6 Å². The van der Waals surface area contributed by atoms with Gasteiger partial charge in [-0.25, -0.2) is 0 Å². The predicted molar refractivity (Wildman–Crippen MR) is 95.3 cm³/mol. The summed E-state index contributed by atoms with van der Waals surface area (Å²) in [4.78, 5) is 2.57. The first kappa shape index (κ1) is 15.9. The molecule has 1 saturated heterocycles. The molecule has 126 valence electrons. The molecule has 0 radical (unpaired) electrons. The largest absolute Gasteiger partial charge is 0.467 e. The van der Waals surface area contributed by atoms with Gasteiger partial charge in [0.2, 0.25) is 0 Å². The third-order valence-corrected chi connectivity index (χ3v) is 5.16. The molecule has 4 heteroatoms. The zero-order valence-electron chi connectivity index (χ0n) is 13.7. The van der Waals surface area contributed by atoms with Gasteiger partial charge in [0, 0.05) is 28.7 Å². The number of likely N-dealkylation sites (tertiary alicyclic amines) is 1. The minimum atomic E-state index is 0.328. The van der Waals surface area contributed by atoms with Crippen molar-refractivity contribution in [3.05, 3.63) is 64.2 Å². The first-order chi connectivity index (χ1) is 11.8. The van der Waals surface area contributed by atoms with Crippen LogP contribution in [0, 0.1) is 0 Å². The topological polar surface area (TPSA) is 21.7 Å². The first-order valence-electron chi connectivity index (χ1n) is 8.59. The molecule has 0 spiro atoms. The standard InChI is InChI=1S/C20H22ClNO2/c21-18-10-16(20-17(11-18)13-23-14-24-20)12-22-8-4-7-19(22)9-15-5-2-1-3-6-15/h1-3,5-6,10-11,19H,4,7-9,12-14H2/t19-/m1/s1. The van der Waals surface area contributed by atoms with Gasteiger partial charge in [0.1, 0.15) is 5.75 Å². The summed E-state index contributed by atoms with van der Waals surface area (Å²) in [6.07, 6.45) is 3.61. The molecule has 2 aromatic carbocycles. The summed E-state index contributed by atoms with van der Waals surface area (Å²) in [5.41, 5.74) is 3.65. The second-order valence-corrected chi connectivity index (χ2v) is 7.06. The zero-order chi connectivity index (χ0) is 16.4. The van der Waals surface area contributed by atoms with Crippen LogP contribution in [0.4, 0.5) is 0 Å². The van der Waals surface area contributed by atoms with Gasteiger partial charge in [-0.05, 0) is 43.5 Å². The van der Waals surface area contributed by atoms with Gasteiger partial charge in [-0.2, -0.15) is 0 Å². The van der Waals surface area contributed by atoms with Gasteiger partial charge in [0.05, 0.1) is 6.61 Å². The molecule has 0 saturated carbocycles. The van der Waals surface area contributed by atoms with Gasteiger partial charge in [0.25, 0.3) is 0 Å². The summed E-state index contributed by atoms with van der Waals surface area (Å²) < 4.78 is 11.1. The Morgan fingerprint density at radius 1 is 1.17 bits per heavy atom. The maximum absolute atomic E-state index is 6.30. The lowest BCUT2D eigenvalue weighted by molar-refractivity contribution is -0.0175. The number of halogens is 1. The molecule has 4 rings (SSSR count). The fraction of sp³-hybridized carbons (Fsp3) is 0.400. The van der Waals surface area contributed by atoms with Crippen LogP contribution in [0.15, 0.2) is 42.5 Å². The number of fused-ring (bicyclic) bond motifs is 1. The minimum absolute atomic E-state index is 0.328. The van der Waals surface area contributed by atoms with Crippen molar-refractivity contribution in [1.29, 1.82) is 0 Å². The first-order valence-corrected chi connectivity index (χ1v) is 8.97. The number of hydrogen-bond acceptors (Lipinski definition) is 3. The van der Waals surface area contributed by atoms with Crippen LogP contribution < -0.4 is 4.74 Å². The summed E-state index contributed by atoms with van der Waals surface area (Å²) in [7, 11) is 0. The molecular weight excluding hydrogens is 322 g/mol. The van der Waals surface area contributed by atoms with Crippen LogP contribution in [0.3, 0.4) is 0 Å². The van der Waals surface area contributed by atoms with Crippen LogP contribution in [0.5, 0.6) is 5.75 Å². The molecule has 2 aromatic rings. The molecular formula is C20H22ClNO2. The fourth-order valence-corrected chi connectivity index (χ4v) is 4.08. The Hall–Kier alpha value is -1.55. The Labute approximate surface area is 148 Å². The number of hydrogen-bond donors (Lipinski definition) is 0. The van der Waals surface area contributed by atoms with Crippen molar-refractivity contribution in [2.45, 2.75) is 38.5 Å². The van der Waals surface area contributed by atoms with E-state index in [0.29, 0.717) is 19.4 Å². The van der Waals surface area contributed by atoms with E-state index >= 15 is 0 Å². The quantitative estimate of drug-likeness (QED) is 0.820. The Bertz CT molecular complexity index is 704. The van der Waals surface area contributed by atoms with E-state index in [1.54, 1.807) is 0 Å². The zero-order valence-corrected chi connectivity index (χ0v) is 14.5. The van der Waals surface area contributed by atoms with Gasteiger partial charge in [-0.3, -0.25) is 4.90 Å². The maximum Gasteiger partial charge on any atom is 0.189 e. The second-order valence-electron chi connectivity index (χ2n) is 6.62. The lowest BCUT2D eigenvalue weighted by Crippen LogP contribution is -2.31. The van der Waals surface area contributed by atoms with Gasteiger partial charge >= 0.3 is 0 Å². The van der Waals surface area contributed by atoms with Crippen LogP contribution in [-0.4, -0.2) is 24.3 Å². The molecule has 0 unspecified atom stereocenters. The Balaban J connectivity index is 1.53. The van der Waals surface area contributed by atoms with Crippen LogP contribution in [0.25, 0.3) is 0 Å². The molecule has 0 N–H and O–H groups in total. The molecule has 0 amide bonds. The lowest BCUT2D eigenvalue weighted by atomic mass is 10.0. The van der Waals surface area contributed by atoms with Gasteiger partial charge in [-0.15, -0.1) is 0 Å². The summed E-state index contributed by atoms with van der Waals surface area (Å²) in [6, 6.07) is 15.3. The van der Waals surface area contributed by atoms with Crippen LogP contribution in [0.1, 0.15) is 29.5 Å². The highest BCUT2D eigenvalue weighted by Crippen LogP contribution is 2.34. The smallest absolute Gasteiger partial charge is 0.189 e. The summed E-state index contributed by atoms with van der Waals surface area (Å²) in [5, 5.41) is 0.761. The van der Waals surface area contributed by atoms with Gasteiger partial charge in [-0.1, -0.05) is 41.9 Å². The number of benzene rings is 2. The highest BCUT2D eigenvalue weighted by Gasteiger charge is 2.27. The van der Waals surface area contributed by atoms with Gasteiger partial charge in [0.15, 0.2) is 6.79 Å². The van der Waals surface area contributed by atoms with Crippen molar-refractivity contribution in [2.75, 3.05) is 13.3 Å². The van der Waals surface area contributed by atoms with Crippen molar-refractivity contribution in [3.8, 4) is 5.75 Å². The van der Waals surface area contributed by atoms with E-state index in [9.17, 15) is 0 Å². The summed E-state index contributed by atoms with van der Waals surface area (Å²) >= 11 is 6.30. The summed E-state index contributed by atoms with van der Waals surface area (Å²) in [6.45, 7) is 2.93. The predicted octanol–water partition coefficient (Wildman–Crippen LogP) is 4.41. The van der Waals surface area contributed by atoms with Crippen molar-refractivity contribution in [2.24, 2.45) is 0 Å². The second kappa shape index (κ2) is 7.14. The third-order valence-electron chi connectivity index (χ3n) is 4.94. The lowest BCUT2D eigenvalue weighted by Gasteiger charge is -2.27. The number of nitrogens with zero attached hydrogens (tertiary/aromatic N) is 1. The van der Waals surface area contributed by atoms with E-state index in [1.165, 1.54) is 24.0 Å². The Kier molecular flexibility index (Phi) is 4.74. The normalized spacial score (nSPS) is 20.6. The Morgan fingerprint density at radius 2 is 2.04 bits per heavy atom. The molecule has 2 aliphatic heterocycles. The molecule has 1 atom stereocenters. The molecule has 1 fully saturated rings. The summed E-state index contributed by atoms with van der Waals surface area (Å²) in [5.74, 6) is 0.969. The van der Waals surface area contributed by atoms with Crippen molar-refractivity contribution >= 4 is 11.6 Å². The SMILES string of the molecule is Clc1cc2c(c(CN3CCC[C@@H]3Cc3ccccc3)c1)OCOC2. The van der Waals surface area contributed by atoms with Gasteiger partial charge < -0.3 is 9.47 Å². The van der Waals surface area contributed by atoms with E-state index in [4.69, 9.17) is 21.1 Å². The molecule has 2 heterocycles. The molecule has 0 bridgehead atoms. The van der Waals surface area contributed by atoms with E-state index < -0.39 is 0 Å². The van der Waals surface area contributed by atoms with Crippen LogP contribution in [0.2, 0.25) is 5.02 Å². The third kappa shape index (κ3) is 3.44.